The molecule has 11 aromatic carbocycles. The highest BCUT2D eigenvalue weighted by molar-refractivity contribution is 5.93. The number of benzene rings is 11. The van der Waals surface area contributed by atoms with Crippen LogP contribution in [0.5, 0.6) is 5.75 Å². The number of aryl methyl sites for hydroxylation is 1. The standard InChI is InChI=1S/C114H122O2/c1-10-16-17-18-19-20-21-24-105(115-15-6)116-92-49-41-81(42-50-92)80-33-39-83(40-34-80)86-43-51-93-94-55-47-90(75-100(94)112(99(93)71-86)106(8)63-65-107(112,9)66-64-106)91-48-56-96-95-52-45-88(72-101(95)113(102(96)76-91)108(13-4)67-69-109(113,14-5)70-68-108)84-35-29-78(30-36-84)79-31-37-85(38-32-79)89-46-54-98-97-53-44-87(82-27-25-77(7)26-28-82)73-103(97)114(104(98)74-89)110(57-11-2)59-22-61-111(114,58-12-3)62-23-60-110/h15,25-56,71-76,105H,6,10-14,16-24,57-70H2,1-5,7-9H3. The first-order chi connectivity index (χ1) is 56.6. The van der Waals surface area contributed by atoms with Crippen molar-refractivity contribution in [1.82, 2.24) is 0 Å². The van der Waals surface area contributed by atoms with Gasteiger partial charge in [0.05, 0.1) is 6.26 Å². The molecule has 1 atom stereocenters. The highest BCUT2D eigenvalue weighted by Gasteiger charge is 2.75. The smallest absolute Gasteiger partial charge is 0.240 e. The van der Waals surface area contributed by atoms with Gasteiger partial charge in [-0.2, -0.15) is 0 Å². The van der Waals surface area contributed by atoms with Gasteiger partial charge in [0.2, 0.25) is 6.29 Å². The van der Waals surface area contributed by atoms with Gasteiger partial charge in [0.15, 0.2) is 0 Å². The van der Waals surface area contributed by atoms with E-state index in [4.69, 9.17) is 9.47 Å². The molecule has 6 bridgehead atoms. The molecule has 0 aliphatic heterocycles. The predicted molar refractivity (Wildman–Crippen MR) is 487 cm³/mol. The summed E-state index contributed by atoms with van der Waals surface area (Å²) in [6, 6.07) is 92.8. The van der Waals surface area contributed by atoms with Gasteiger partial charge in [-0.3, -0.25) is 0 Å². The van der Waals surface area contributed by atoms with Gasteiger partial charge in [0, 0.05) is 22.7 Å². The summed E-state index contributed by atoms with van der Waals surface area (Å²) in [6.45, 7) is 23.7. The van der Waals surface area contributed by atoms with Crippen LogP contribution in [0.15, 0.2) is 243 Å². The molecule has 0 amide bonds. The van der Waals surface area contributed by atoms with Gasteiger partial charge in [-0.1, -0.05) is 307 Å². The number of fused-ring (bicyclic) bond motifs is 9. The van der Waals surface area contributed by atoms with Crippen molar-refractivity contribution < 1.29 is 9.47 Å². The summed E-state index contributed by atoms with van der Waals surface area (Å²) in [7, 11) is 0. The van der Waals surface area contributed by atoms with Crippen LogP contribution in [-0.2, 0) is 21.0 Å². The highest BCUT2D eigenvalue weighted by atomic mass is 16.7. The van der Waals surface area contributed by atoms with Gasteiger partial charge in [-0.05, 0) is 342 Å². The summed E-state index contributed by atoms with van der Waals surface area (Å²) in [4.78, 5) is 0. The van der Waals surface area contributed by atoms with Crippen molar-refractivity contribution >= 4 is 0 Å². The number of hydrogen-bond donors (Lipinski definition) is 0. The summed E-state index contributed by atoms with van der Waals surface area (Å²) in [6.07, 6.45) is 36.6. The zero-order valence-corrected chi connectivity index (χ0v) is 70.9. The number of hydrogen-bond acceptors (Lipinski definition) is 2. The van der Waals surface area contributed by atoms with Crippen LogP contribution in [-0.4, -0.2) is 6.29 Å². The van der Waals surface area contributed by atoms with Gasteiger partial charge in [-0.25, -0.2) is 0 Å². The quantitative estimate of drug-likeness (QED) is 0.0323. The van der Waals surface area contributed by atoms with E-state index in [1.165, 1.54) is 290 Å². The SMILES string of the molecule is C=COC(CCCCCCCCC)Oc1ccc(-c2ccc(-c3ccc4c(c3)C3(c5cc(-c6ccc7c(c6)C6(c8cc(-c9ccc(-c%10ccc(-c%11ccc%12c(c%11)C%11(c%13cc(-c%14ccc(C)cc%14)ccc%13-%12)C%12(CCC)CCCC%11(CCC)CCC%12)cc%10)cc9)ccc8-7)C7(CC)CCC6(CC)CC7)ccc5-4)C4(C)CCC3(C)CC4)cc2)cc1. The van der Waals surface area contributed by atoms with E-state index in [-0.39, 0.29) is 55.0 Å². The second-order valence-electron chi connectivity index (χ2n) is 38.9. The minimum absolute atomic E-state index is 0.0171. The Morgan fingerprint density at radius 2 is 0.578 bits per heavy atom. The molecular formula is C114H122O2. The predicted octanol–water partition coefficient (Wildman–Crippen LogP) is 32.4. The molecule has 0 N–H and O–H groups in total. The molecule has 20 rings (SSSR count). The fourth-order valence-corrected chi connectivity index (χ4v) is 28.9. The fraction of sp³-hybridized carbons (Fsp3) is 0.404. The zero-order chi connectivity index (χ0) is 79.0. The average Bonchev–Trinajstić information content (AvgIpc) is 1.48. The van der Waals surface area contributed by atoms with Crippen LogP contribution in [0.25, 0.3) is 111 Å². The van der Waals surface area contributed by atoms with Crippen LogP contribution in [0.2, 0.25) is 0 Å². The van der Waals surface area contributed by atoms with E-state index in [0.717, 1.165) is 18.6 Å². The molecule has 9 aliphatic rings. The summed E-state index contributed by atoms with van der Waals surface area (Å²) >= 11 is 0. The normalized spacial score (nSPS) is 27.1. The van der Waals surface area contributed by atoms with Crippen molar-refractivity contribution in [3.8, 4) is 117 Å². The lowest BCUT2D eigenvalue weighted by Gasteiger charge is -2.67. The fourth-order valence-electron chi connectivity index (χ4n) is 28.9. The second kappa shape index (κ2) is 28.8. The molecule has 1 unspecified atom stereocenters. The van der Waals surface area contributed by atoms with Gasteiger partial charge >= 0.3 is 0 Å². The number of unbranched alkanes of at least 4 members (excludes halogenated alkanes) is 6. The van der Waals surface area contributed by atoms with Crippen LogP contribution in [0, 0.1) is 39.4 Å². The molecule has 11 aromatic rings. The van der Waals surface area contributed by atoms with Crippen molar-refractivity contribution in [3.63, 3.8) is 0 Å². The number of rotatable bonds is 25. The van der Waals surface area contributed by atoms with Crippen molar-refractivity contribution in [1.29, 1.82) is 0 Å². The Hall–Kier alpha value is -9.24. The van der Waals surface area contributed by atoms with Gasteiger partial charge in [-0.15, -0.1) is 0 Å². The molecule has 2 heteroatoms. The van der Waals surface area contributed by atoms with Crippen LogP contribution >= 0.6 is 0 Å². The average molecular weight is 1520 g/mol. The topological polar surface area (TPSA) is 18.5 Å². The maximum absolute atomic E-state index is 6.38. The van der Waals surface area contributed by atoms with Crippen molar-refractivity contribution in [2.75, 3.05) is 0 Å². The molecule has 0 aromatic heterocycles. The van der Waals surface area contributed by atoms with Crippen molar-refractivity contribution in [2.24, 2.45) is 32.5 Å². The molecule has 0 heterocycles. The van der Waals surface area contributed by atoms with E-state index in [9.17, 15) is 0 Å². The van der Waals surface area contributed by atoms with Crippen LogP contribution in [0.1, 0.15) is 267 Å². The van der Waals surface area contributed by atoms with E-state index in [2.05, 4.69) is 292 Å². The molecule has 6 fully saturated rings. The molecule has 0 radical (unpaired) electrons. The Morgan fingerprint density at radius 1 is 0.302 bits per heavy atom. The molecule has 2 nitrogen and oxygen atoms in total. The van der Waals surface area contributed by atoms with Crippen LogP contribution < -0.4 is 4.74 Å². The monoisotopic (exact) mass is 1520 g/mol. The third kappa shape index (κ3) is 10.8. The lowest BCUT2D eigenvalue weighted by molar-refractivity contribution is -0.0949. The minimum Gasteiger partial charge on any atom is -0.463 e. The molecule has 590 valence electrons. The number of ether oxygens (including phenoxy) is 2. The Balaban J connectivity index is 0.590. The van der Waals surface area contributed by atoms with Crippen LogP contribution in [0.4, 0.5) is 0 Å². The van der Waals surface area contributed by atoms with E-state index >= 15 is 0 Å². The lowest BCUT2D eigenvalue weighted by atomic mass is 9.36. The van der Waals surface area contributed by atoms with Crippen molar-refractivity contribution in [3.05, 3.63) is 282 Å². The maximum atomic E-state index is 6.38. The molecule has 0 saturated heterocycles. The second-order valence-corrected chi connectivity index (χ2v) is 38.9. The van der Waals surface area contributed by atoms with Crippen LogP contribution in [0.3, 0.4) is 0 Å². The van der Waals surface area contributed by atoms with E-state index < -0.39 is 0 Å². The molecule has 9 aliphatic carbocycles. The third-order valence-electron chi connectivity index (χ3n) is 33.9. The highest BCUT2D eigenvalue weighted by Crippen LogP contribution is 2.83. The first-order valence-corrected chi connectivity index (χ1v) is 46.0. The third-order valence-corrected chi connectivity index (χ3v) is 33.9. The Morgan fingerprint density at radius 3 is 0.897 bits per heavy atom. The largest absolute Gasteiger partial charge is 0.463 e. The van der Waals surface area contributed by atoms with E-state index in [1.807, 2.05) is 0 Å². The Bertz CT molecular complexity index is 5480. The molecule has 116 heavy (non-hydrogen) atoms. The van der Waals surface area contributed by atoms with Gasteiger partial charge in [0.1, 0.15) is 5.75 Å². The minimum atomic E-state index is -0.327. The zero-order valence-electron chi connectivity index (χ0n) is 70.9. The van der Waals surface area contributed by atoms with E-state index in [1.54, 1.807) is 33.4 Å². The van der Waals surface area contributed by atoms with E-state index in [0.29, 0.717) is 0 Å². The maximum Gasteiger partial charge on any atom is 0.240 e. The first kappa shape index (κ1) is 75.5. The Labute approximate surface area is 694 Å². The Kier molecular flexibility index (Phi) is 18.7. The summed E-state index contributed by atoms with van der Waals surface area (Å²) < 4.78 is 12.2. The summed E-state index contributed by atoms with van der Waals surface area (Å²) in [5, 5.41) is 0. The van der Waals surface area contributed by atoms with Crippen molar-refractivity contribution in [2.45, 2.75) is 258 Å². The molecular weight excluding hydrogens is 1400 g/mol. The first-order valence-electron chi connectivity index (χ1n) is 46.0. The summed E-state index contributed by atoms with van der Waals surface area (Å²) in [5.41, 5.74) is 39.1. The molecule has 3 spiro atoms. The van der Waals surface area contributed by atoms with Gasteiger partial charge < -0.3 is 9.47 Å². The lowest BCUT2D eigenvalue weighted by Crippen LogP contribution is -2.62. The van der Waals surface area contributed by atoms with Gasteiger partial charge in [0.25, 0.3) is 0 Å². The molecule has 6 saturated carbocycles. The summed E-state index contributed by atoms with van der Waals surface area (Å²) in [5.74, 6) is 0.825.